The maximum absolute atomic E-state index is 13.8. The van der Waals surface area contributed by atoms with Crippen LogP contribution >= 0.6 is 0 Å². The SMILES string of the molecule is CC1CCN(C(=O)C(c2cccc(C(F)(F)F)c2)n2cnc(NC(=O)C(COCc3ccccc3)NC(=O)C(C)(C)N)c2)CC1. The Morgan fingerprint density at radius 1 is 1.07 bits per heavy atom. The fourth-order valence-electron chi connectivity index (χ4n) is 4.88. The third-order valence-corrected chi connectivity index (χ3v) is 7.61. The number of benzene rings is 2. The number of aromatic nitrogens is 2. The Kier molecular flexibility index (Phi) is 10.7. The molecule has 0 aliphatic carbocycles. The summed E-state index contributed by atoms with van der Waals surface area (Å²) in [6, 6.07) is 11.6. The van der Waals surface area contributed by atoms with Crippen molar-refractivity contribution in [1.29, 1.82) is 0 Å². The molecule has 13 heteroatoms. The van der Waals surface area contributed by atoms with E-state index in [0.717, 1.165) is 30.5 Å². The van der Waals surface area contributed by atoms with E-state index in [-0.39, 0.29) is 30.5 Å². The Balaban J connectivity index is 1.56. The van der Waals surface area contributed by atoms with Crippen LogP contribution in [0.5, 0.6) is 0 Å². The molecule has 2 aromatic carbocycles. The number of ether oxygens (including phenoxy) is 1. The van der Waals surface area contributed by atoms with E-state index in [2.05, 4.69) is 22.5 Å². The van der Waals surface area contributed by atoms with Gasteiger partial charge in [0.25, 0.3) is 5.91 Å². The highest BCUT2D eigenvalue weighted by Gasteiger charge is 2.35. The van der Waals surface area contributed by atoms with Crippen molar-refractivity contribution in [3.8, 4) is 0 Å². The summed E-state index contributed by atoms with van der Waals surface area (Å²) in [6.07, 6.45) is -0.369. The molecule has 1 aliphatic rings. The molecule has 0 radical (unpaired) electrons. The van der Waals surface area contributed by atoms with Crippen LogP contribution in [0.25, 0.3) is 0 Å². The summed E-state index contributed by atoms with van der Waals surface area (Å²) >= 11 is 0. The first kappa shape index (κ1) is 33.7. The van der Waals surface area contributed by atoms with E-state index < -0.39 is 41.2 Å². The van der Waals surface area contributed by atoms with Gasteiger partial charge in [-0.2, -0.15) is 13.2 Å². The molecular weight excluding hydrogens is 589 g/mol. The first-order valence-corrected chi connectivity index (χ1v) is 14.7. The number of likely N-dealkylation sites (tertiary alicyclic amines) is 1. The number of carbonyl (C=O) groups excluding carboxylic acids is 3. The lowest BCUT2D eigenvalue weighted by Crippen LogP contribution is -2.56. The number of rotatable bonds is 11. The molecule has 1 saturated heterocycles. The van der Waals surface area contributed by atoms with Gasteiger partial charge in [0, 0.05) is 19.3 Å². The van der Waals surface area contributed by atoms with E-state index >= 15 is 0 Å². The van der Waals surface area contributed by atoms with Crippen LogP contribution in [0.1, 0.15) is 56.3 Å². The summed E-state index contributed by atoms with van der Waals surface area (Å²) in [5.74, 6) is -1.14. The highest BCUT2D eigenvalue weighted by Crippen LogP contribution is 2.33. The van der Waals surface area contributed by atoms with Crippen LogP contribution in [0, 0.1) is 5.92 Å². The van der Waals surface area contributed by atoms with E-state index in [9.17, 15) is 27.6 Å². The van der Waals surface area contributed by atoms with Crippen LogP contribution in [0.3, 0.4) is 0 Å². The van der Waals surface area contributed by atoms with Crippen LogP contribution in [-0.2, 0) is 31.9 Å². The molecule has 3 amide bonds. The fraction of sp³-hybridized carbons (Fsp3) is 0.438. The first-order valence-electron chi connectivity index (χ1n) is 14.7. The van der Waals surface area contributed by atoms with Crippen molar-refractivity contribution in [2.24, 2.45) is 11.7 Å². The molecule has 242 valence electrons. The van der Waals surface area contributed by atoms with Crippen molar-refractivity contribution >= 4 is 23.5 Å². The summed E-state index contributed by atoms with van der Waals surface area (Å²) in [6.45, 7) is 6.06. The lowest BCUT2D eigenvalue weighted by Gasteiger charge is -2.33. The van der Waals surface area contributed by atoms with E-state index in [1.807, 2.05) is 30.3 Å². The molecule has 45 heavy (non-hydrogen) atoms. The predicted molar refractivity (Wildman–Crippen MR) is 162 cm³/mol. The van der Waals surface area contributed by atoms with Gasteiger partial charge in [-0.3, -0.25) is 14.4 Å². The maximum Gasteiger partial charge on any atom is 0.416 e. The molecule has 1 aliphatic heterocycles. The molecule has 3 aromatic rings. The van der Waals surface area contributed by atoms with Gasteiger partial charge in [0.1, 0.15) is 12.1 Å². The Labute approximate surface area is 260 Å². The number of imidazole rings is 1. The van der Waals surface area contributed by atoms with E-state index in [4.69, 9.17) is 10.5 Å². The van der Waals surface area contributed by atoms with Gasteiger partial charge in [-0.1, -0.05) is 49.4 Å². The highest BCUT2D eigenvalue weighted by atomic mass is 19.4. The zero-order valence-corrected chi connectivity index (χ0v) is 25.5. The smallest absolute Gasteiger partial charge is 0.374 e. The third-order valence-electron chi connectivity index (χ3n) is 7.61. The van der Waals surface area contributed by atoms with Gasteiger partial charge in [-0.25, -0.2) is 4.98 Å². The van der Waals surface area contributed by atoms with Crippen LogP contribution in [0.2, 0.25) is 0 Å². The minimum absolute atomic E-state index is 0.0337. The lowest BCUT2D eigenvalue weighted by molar-refractivity contribution is -0.138. The Morgan fingerprint density at radius 2 is 1.76 bits per heavy atom. The van der Waals surface area contributed by atoms with Gasteiger partial charge in [-0.05, 0) is 55.9 Å². The van der Waals surface area contributed by atoms with Crippen LogP contribution < -0.4 is 16.4 Å². The zero-order valence-electron chi connectivity index (χ0n) is 25.5. The van der Waals surface area contributed by atoms with E-state index in [0.29, 0.717) is 19.0 Å². The van der Waals surface area contributed by atoms with Crippen molar-refractivity contribution in [1.82, 2.24) is 19.8 Å². The van der Waals surface area contributed by atoms with Gasteiger partial charge >= 0.3 is 6.18 Å². The number of amides is 3. The minimum Gasteiger partial charge on any atom is -0.374 e. The standard InChI is InChI=1S/C32H39F3N6O4/c1-21-12-14-40(15-13-21)29(43)27(23-10-7-11-24(16-23)32(33,34)35)41-17-26(37-20-41)39-28(42)25(38-30(44)31(2,3)36)19-45-18-22-8-5-4-6-9-22/h4-11,16-17,20-21,25,27H,12-15,18-19,36H2,1-3H3,(H,38,44)(H,39,42). The van der Waals surface area contributed by atoms with Gasteiger partial charge in [0.05, 0.1) is 30.6 Å². The van der Waals surface area contributed by atoms with Crippen LogP contribution in [-0.4, -0.2) is 63.4 Å². The number of hydrogen-bond donors (Lipinski definition) is 3. The van der Waals surface area contributed by atoms with Gasteiger partial charge in [-0.15, -0.1) is 0 Å². The monoisotopic (exact) mass is 628 g/mol. The Morgan fingerprint density at radius 3 is 2.40 bits per heavy atom. The fourth-order valence-corrected chi connectivity index (χ4v) is 4.88. The molecule has 0 bridgehead atoms. The number of halogens is 3. The number of alkyl halides is 3. The molecule has 0 spiro atoms. The Hall–Kier alpha value is -4.23. The van der Waals surface area contributed by atoms with Gasteiger partial charge in [0.15, 0.2) is 5.82 Å². The molecule has 10 nitrogen and oxygen atoms in total. The average Bonchev–Trinajstić information content (AvgIpc) is 3.44. The number of nitrogens with one attached hydrogen (secondary N) is 2. The second kappa shape index (κ2) is 14.2. The molecule has 1 fully saturated rings. The first-order chi connectivity index (χ1) is 21.2. The highest BCUT2D eigenvalue weighted by molar-refractivity contribution is 5.98. The molecule has 4 N–H and O–H groups in total. The summed E-state index contributed by atoms with van der Waals surface area (Å²) in [5.41, 5.74) is 4.77. The zero-order chi connectivity index (χ0) is 32.8. The molecule has 1 aromatic heterocycles. The second-order valence-corrected chi connectivity index (χ2v) is 12.0. The molecule has 2 heterocycles. The molecule has 2 atom stereocenters. The molecule has 2 unspecified atom stereocenters. The van der Waals surface area contributed by atoms with E-state index in [1.165, 1.54) is 43.1 Å². The van der Waals surface area contributed by atoms with Crippen LogP contribution in [0.4, 0.5) is 19.0 Å². The predicted octanol–water partition coefficient (Wildman–Crippen LogP) is 4.13. The van der Waals surface area contributed by atoms with Gasteiger partial charge in [0.2, 0.25) is 11.8 Å². The second-order valence-electron chi connectivity index (χ2n) is 12.0. The molecular formula is C32H39F3N6O4. The number of nitrogens with two attached hydrogens (primary N) is 1. The lowest BCUT2D eigenvalue weighted by atomic mass is 9.97. The quantitative estimate of drug-likeness (QED) is 0.293. The molecule has 0 saturated carbocycles. The Bertz CT molecular complexity index is 1460. The van der Waals surface area contributed by atoms with Crippen molar-refractivity contribution in [2.45, 2.75) is 64.0 Å². The number of anilines is 1. The number of nitrogens with zero attached hydrogens (tertiary/aromatic N) is 3. The summed E-state index contributed by atoms with van der Waals surface area (Å²) in [7, 11) is 0. The summed E-state index contributed by atoms with van der Waals surface area (Å²) in [5, 5.41) is 5.22. The van der Waals surface area contributed by atoms with Crippen molar-refractivity contribution < 1.29 is 32.3 Å². The third kappa shape index (κ3) is 9.14. The van der Waals surface area contributed by atoms with Crippen molar-refractivity contribution in [3.05, 3.63) is 83.8 Å². The number of piperidine rings is 1. The van der Waals surface area contributed by atoms with Crippen molar-refractivity contribution in [2.75, 3.05) is 25.0 Å². The van der Waals surface area contributed by atoms with E-state index in [1.54, 1.807) is 4.90 Å². The average molecular weight is 629 g/mol. The maximum atomic E-state index is 13.8. The minimum atomic E-state index is -4.60. The van der Waals surface area contributed by atoms with Crippen molar-refractivity contribution in [3.63, 3.8) is 0 Å². The van der Waals surface area contributed by atoms with Crippen LogP contribution in [0.15, 0.2) is 67.1 Å². The number of carbonyl (C=O) groups is 3. The summed E-state index contributed by atoms with van der Waals surface area (Å²) in [4.78, 5) is 45.6. The normalized spacial score (nSPS) is 15.8. The van der Waals surface area contributed by atoms with Gasteiger partial charge < -0.3 is 30.6 Å². The number of hydrogen-bond acceptors (Lipinski definition) is 6. The largest absolute Gasteiger partial charge is 0.416 e. The summed E-state index contributed by atoms with van der Waals surface area (Å²) < 4.78 is 47.9. The molecule has 4 rings (SSSR count). The topological polar surface area (TPSA) is 132 Å².